The van der Waals surface area contributed by atoms with Gasteiger partial charge in [-0.1, -0.05) is 14.8 Å². The van der Waals surface area contributed by atoms with Gasteiger partial charge < -0.3 is 9.80 Å². The van der Waals surface area contributed by atoms with Crippen LogP contribution in [0.25, 0.3) is 0 Å². The van der Waals surface area contributed by atoms with Crippen LogP contribution in [0.5, 0.6) is 0 Å². The molecule has 0 radical (unpaired) electrons. The Kier molecular flexibility index (Phi) is 4.13. The number of hydrogen-bond acceptors (Lipinski definition) is 3. The number of Topliss-reactive ketones (excluding diaryl/α,β-unsaturated/α-hetero) is 1. The fourth-order valence-electron chi connectivity index (χ4n) is 4.16. The summed E-state index contributed by atoms with van der Waals surface area (Å²) in [5.41, 5.74) is 0.117. The van der Waals surface area contributed by atoms with Crippen LogP contribution < -0.4 is 0 Å². The number of carbonyl (C=O) groups excluding carboxylic acids is 2. The van der Waals surface area contributed by atoms with Gasteiger partial charge in [-0.2, -0.15) is 0 Å². The van der Waals surface area contributed by atoms with Crippen molar-refractivity contribution >= 4 is 19.6 Å². The summed E-state index contributed by atoms with van der Waals surface area (Å²) >= 11 is 0. The molecule has 3 saturated heterocycles. The van der Waals surface area contributed by atoms with Gasteiger partial charge in [0.1, 0.15) is 5.78 Å². The monoisotopic (exact) mass is 310 g/mol. The molecule has 0 aromatic carbocycles. The minimum atomic E-state index is -0.201. The summed E-state index contributed by atoms with van der Waals surface area (Å²) in [5, 5.41) is 0. The largest absolute Gasteiger partial charge is 0.342 e. The molecule has 4 nitrogen and oxygen atoms in total. The van der Waals surface area contributed by atoms with E-state index in [4.69, 9.17) is 0 Å². The van der Waals surface area contributed by atoms with Crippen LogP contribution in [0.3, 0.4) is 0 Å². The third kappa shape index (κ3) is 2.77. The summed E-state index contributed by atoms with van der Waals surface area (Å²) in [4.78, 5) is 29.2. The molecule has 0 aromatic rings. The average molecular weight is 310 g/mol. The van der Waals surface area contributed by atoms with Gasteiger partial charge in [-0.25, -0.2) is 0 Å². The lowest BCUT2D eigenvalue weighted by Crippen LogP contribution is -2.50. The number of carbonyl (C=O) groups is 2. The topological polar surface area (TPSA) is 40.6 Å². The van der Waals surface area contributed by atoms with Gasteiger partial charge in [0, 0.05) is 31.3 Å². The van der Waals surface area contributed by atoms with Gasteiger partial charge in [0.15, 0.2) is 0 Å². The minimum absolute atomic E-state index is 0.131. The lowest BCUT2D eigenvalue weighted by atomic mass is 9.77. The van der Waals surface area contributed by atoms with E-state index in [9.17, 15) is 9.59 Å². The third-order valence-electron chi connectivity index (χ3n) is 5.88. The Morgan fingerprint density at radius 1 is 1.24 bits per heavy atom. The van der Waals surface area contributed by atoms with Crippen LogP contribution in [0, 0.1) is 11.3 Å². The van der Waals surface area contributed by atoms with E-state index in [-0.39, 0.29) is 19.1 Å². The van der Waals surface area contributed by atoms with Crippen molar-refractivity contribution in [2.45, 2.75) is 38.8 Å². The Bertz CT molecular complexity index is 432. The first-order valence-electron chi connectivity index (χ1n) is 8.13. The van der Waals surface area contributed by atoms with Crippen LogP contribution in [0.4, 0.5) is 0 Å². The fraction of sp³-hybridized carbons (Fsp3) is 0.875. The maximum atomic E-state index is 12.9. The fourth-order valence-corrected chi connectivity index (χ4v) is 7.47. The zero-order chi connectivity index (χ0) is 15.2. The number of piperidine rings is 1. The molecule has 0 saturated carbocycles. The molecule has 2 bridgehead atoms. The smallest absolute Gasteiger partial charge is 0.230 e. The zero-order valence-electron chi connectivity index (χ0n) is 13.5. The Morgan fingerprint density at radius 3 is 2.48 bits per heavy atom. The molecule has 0 aromatic heterocycles. The second-order valence-corrected chi connectivity index (χ2v) is 9.89. The molecule has 3 atom stereocenters. The molecule has 0 aliphatic carbocycles. The molecule has 0 spiro atoms. The summed E-state index contributed by atoms with van der Waals surface area (Å²) < 4.78 is 0. The number of amides is 1. The summed E-state index contributed by atoms with van der Waals surface area (Å²) in [5.74, 6) is 1.27. The van der Waals surface area contributed by atoms with E-state index in [0.29, 0.717) is 17.5 Å². The summed E-state index contributed by atoms with van der Waals surface area (Å²) in [6.07, 6.45) is 5.33. The predicted molar refractivity (Wildman–Crippen MR) is 85.8 cm³/mol. The highest BCUT2D eigenvalue weighted by Gasteiger charge is 2.47. The van der Waals surface area contributed by atoms with Crippen molar-refractivity contribution in [1.29, 1.82) is 0 Å². The molecule has 3 fully saturated rings. The van der Waals surface area contributed by atoms with Crippen molar-refractivity contribution in [1.82, 2.24) is 9.80 Å². The highest BCUT2D eigenvalue weighted by molar-refractivity contribution is 7.59. The third-order valence-corrected chi connectivity index (χ3v) is 8.99. The molecule has 3 aliphatic rings. The van der Waals surface area contributed by atoms with Gasteiger partial charge in [-0.05, 0) is 45.3 Å². The van der Waals surface area contributed by atoms with Gasteiger partial charge in [0.25, 0.3) is 0 Å². The summed E-state index contributed by atoms with van der Waals surface area (Å²) in [6.45, 7) is 6.39. The van der Waals surface area contributed by atoms with E-state index in [0.717, 1.165) is 38.8 Å². The Balaban J connectivity index is 1.64. The van der Waals surface area contributed by atoms with Crippen LogP contribution in [0.2, 0.25) is 0 Å². The van der Waals surface area contributed by atoms with Crippen LogP contribution in [0.15, 0.2) is 0 Å². The van der Waals surface area contributed by atoms with Crippen molar-refractivity contribution in [3.8, 4) is 0 Å². The van der Waals surface area contributed by atoms with Crippen molar-refractivity contribution in [2.75, 3.05) is 39.1 Å². The first-order chi connectivity index (χ1) is 9.90. The second kappa shape index (κ2) is 5.62. The van der Waals surface area contributed by atoms with Crippen LogP contribution in [-0.2, 0) is 9.59 Å². The van der Waals surface area contributed by atoms with Crippen molar-refractivity contribution in [3.63, 3.8) is 0 Å². The molecule has 0 N–H and O–H groups in total. The van der Waals surface area contributed by atoms with Crippen LogP contribution in [-0.4, -0.2) is 66.3 Å². The number of rotatable bonds is 2. The van der Waals surface area contributed by atoms with Crippen molar-refractivity contribution in [3.05, 3.63) is 0 Å². The van der Waals surface area contributed by atoms with Gasteiger partial charge in [0.05, 0.1) is 5.66 Å². The highest BCUT2D eigenvalue weighted by atomic mass is 31.1. The van der Waals surface area contributed by atoms with Gasteiger partial charge >= 0.3 is 0 Å². The lowest BCUT2D eigenvalue weighted by molar-refractivity contribution is -0.138. The molecule has 1 amide bonds. The molecule has 3 aliphatic heterocycles. The highest BCUT2D eigenvalue weighted by Crippen LogP contribution is 2.56. The standard InChI is InChI=1S/C16H27N2O2P/c1-12(19)16(2)5-7-18(8-6-16)15(20)14-13-4-9-21(14)11-17(3)10-13/h13-14H,4-11H2,1-3H3. The second-order valence-electron chi connectivity index (χ2n) is 7.43. The van der Waals surface area contributed by atoms with E-state index in [1.165, 1.54) is 12.6 Å². The molecule has 21 heavy (non-hydrogen) atoms. The first-order valence-corrected chi connectivity index (χ1v) is 9.91. The summed E-state index contributed by atoms with van der Waals surface area (Å²) in [7, 11) is 2.06. The van der Waals surface area contributed by atoms with Crippen molar-refractivity contribution < 1.29 is 9.59 Å². The zero-order valence-corrected chi connectivity index (χ0v) is 14.4. The van der Waals surface area contributed by atoms with Gasteiger partial charge in [0.2, 0.25) is 5.91 Å². The van der Waals surface area contributed by atoms with E-state index < -0.39 is 0 Å². The van der Waals surface area contributed by atoms with Crippen LogP contribution >= 0.6 is 7.92 Å². The molecular formula is C16H27N2O2P. The van der Waals surface area contributed by atoms with E-state index >= 15 is 0 Å². The van der Waals surface area contributed by atoms with Crippen molar-refractivity contribution in [2.24, 2.45) is 11.3 Å². The predicted octanol–water partition coefficient (Wildman–Crippen LogP) is 1.98. The maximum Gasteiger partial charge on any atom is 0.230 e. The molecular weight excluding hydrogens is 283 g/mol. The van der Waals surface area contributed by atoms with E-state index in [2.05, 4.69) is 23.8 Å². The maximum absolute atomic E-state index is 12.9. The molecule has 5 heteroatoms. The van der Waals surface area contributed by atoms with E-state index in [1.54, 1.807) is 6.92 Å². The number of ketones is 1. The van der Waals surface area contributed by atoms with Gasteiger partial charge in [-0.15, -0.1) is 0 Å². The molecule has 3 unspecified atom stereocenters. The minimum Gasteiger partial charge on any atom is -0.342 e. The quantitative estimate of drug-likeness (QED) is 0.732. The molecule has 3 heterocycles. The lowest BCUT2D eigenvalue weighted by Gasteiger charge is -2.42. The number of hydrogen-bond donors (Lipinski definition) is 0. The Morgan fingerprint density at radius 2 is 1.90 bits per heavy atom. The average Bonchev–Trinajstić information content (AvgIpc) is 2.71. The Labute approximate surface area is 129 Å². The summed E-state index contributed by atoms with van der Waals surface area (Å²) in [6, 6.07) is 0. The molecule has 118 valence electrons. The normalized spacial score (nSPS) is 35.8. The SMILES string of the molecule is CC(=O)C1(C)CCN(C(=O)C2C3CCP2CN(C)C3)CC1. The Hall–Kier alpha value is -0.470. The first kappa shape index (κ1) is 15.4. The van der Waals surface area contributed by atoms with Crippen LogP contribution in [0.1, 0.15) is 33.1 Å². The number of nitrogens with zero attached hydrogens (tertiary/aromatic N) is 2. The number of fused-ring (bicyclic) bond motifs is 2. The number of likely N-dealkylation sites (tertiary alicyclic amines) is 1. The van der Waals surface area contributed by atoms with Gasteiger partial charge in [-0.3, -0.25) is 9.59 Å². The molecule has 3 rings (SSSR count). The van der Waals surface area contributed by atoms with E-state index in [1.807, 2.05) is 0 Å².